The number of aliphatic imine (C=N–C) groups is 1. The number of amides is 2. The summed E-state index contributed by atoms with van der Waals surface area (Å²) in [5, 5.41) is 21.1. The van der Waals surface area contributed by atoms with E-state index in [0.717, 1.165) is 5.56 Å². The van der Waals surface area contributed by atoms with Crippen LogP contribution in [-0.2, 0) is 9.59 Å². The SMILES string of the molecule is CN(C(=O)CN(CCO)CCO)c1ccc(N=C(c2ccccc2)C2C(=O)Nc3cc(F)ccc32)cc1. The van der Waals surface area contributed by atoms with Gasteiger partial charge < -0.3 is 20.4 Å². The van der Waals surface area contributed by atoms with Crippen LogP contribution < -0.4 is 10.2 Å². The number of carbonyl (C=O) groups is 2. The highest BCUT2D eigenvalue weighted by Gasteiger charge is 2.35. The number of aliphatic hydroxyl groups is 2. The van der Waals surface area contributed by atoms with Gasteiger partial charge in [0.25, 0.3) is 0 Å². The van der Waals surface area contributed by atoms with Crippen LogP contribution in [0.3, 0.4) is 0 Å². The Morgan fingerprint density at radius 1 is 1.00 bits per heavy atom. The predicted molar refractivity (Wildman–Crippen MR) is 141 cm³/mol. The third kappa shape index (κ3) is 6.08. The van der Waals surface area contributed by atoms with Crippen LogP contribution in [0.1, 0.15) is 17.0 Å². The second-order valence-electron chi connectivity index (χ2n) is 8.71. The summed E-state index contributed by atoms with van der Waals surface area (Å²) in [5.41, 5.74) is 3.64. The molecule has 0 saturated carbocycles. The van der Waals surface area contributed by atoms with E-state index < -0.39 is 11.7 Å². The van der Waals surface area contributed by atoms with E-state index in [-0.39, 0.29) is 31.6 Å². The molecule has 192 valence electrons. The molecular formula is C28H29FN4O4. The van der Waals surface area contributed by atoms with Gasteiger partial charge in [0.05, 0.1) is 31.2 Å². The summed E-state index contributed by atoms with van der Waals surface area (Å²) in [7, 11) is 1.66. The molecule has 1 atom stereocenters. The first-order chi connectivity index (χ1) is 17.9. The fourth-order valence-corrected chi connectivity index (χ4v) is 4.29. The molecule has 3 aromatic rings. The Kier molecular flexibility index (Phi) is 8.39. The number of benzene rings is 3. The fraction of sp³-hybridized carbons (Fsp3) is 0.250. The van der Waals surface area contributed by atoms with Crippen molar-refractivity contribution in [3.05, 3.63) is 89.7 Å². The van der Waals surface area contributed by atoms with Crippen molar-refractivity contribution in [2.75, 3.05) is 50.1 Å². The second kappa shape index (κ2) is 11.9. The molecule has 3 aromatic carbocycles. The zero-order chi connectivity index (χ0) is 26.4. The number of rotatable bonds is 10. The van der Waals surface area contributed by atoms with E-state index in [1.54, 1.807) is 42.3 Å². The normalized spacial score (nSPS) is 15.0. The van der Waals surface area contributed by atoms with E-state index in [1.165, 1.54) is 17.0 Å². The third-order valence-electron chi connectivity index (χ3n) is 6.24. The number of likely N-dealkylation sites (N-methyl/N-ethyl adjacent to an activating group) is 1. The number of hydrogen-bond donors (Lipinski definition) is 3. The lowest BCUT2D eigenvalue weighted by atomic mass is 9.90. The lowest BCUT2D eigenvalue weighted by Gasteiger charge is -2.24. The Morgan fingerprint density at radius 2 is 1.68 bits per heavy atom. The number of nitrogens with one attached hydrogen (secondary N) is 1. The Hall–Kier alpha value is -3.92. The van der Waals surface area contributed by atoms with Gasteiger partial charge in [0, 0.05) is 31.5 Å². The maximum absolute atomic E-state index is 13.8. The van der Waals surface area contributed by atoms with E-state index >= 15 is 0 Å². The van der Waals surface area contributed by atoms with Gasteiger partial charge in [-0.05, 0) is 47.5 Å². The topological polar surface area (TPSA) is 105 Å². The molecule has 0 radical (unpaired) electrons. The molecule has 1 aliphatic rings. The van der Waals surface area contributed by atoms with Gasteiger partial charge in [0.1, 0.15) is 11.7 Å². The first-order valence-electron chi connectivity index (χ1n) is 12.0. The molecule has 0 spiro atoms. The molecule has 37 heavy (non-hydrogen) atoms. The van der Waals surface area contributed by atoms with Gasteiger partial charge in [0.15, 0.2) is 0 Å². The molecule has 2 amide bonds. The third-order valence-corrected chi connectivity index (χ3v) is 6.24. The highest BCUT2D eigenvalue weighted by Crippen LogP contribution is 2.36. The molecule has 1 unspecified atom stereocenters. The van der Waals surface area contributed by atoms with Crippen molar-refractivity contribution >= 4 is 34.6 Å². The summed E-state index contributed by atoms with van der Waals surface area (Å²) in [6, 6.07) is 20.7. The molecule has 0 bridgehead atoms. The van der Waals surface area contributed by atoms with Crippen molar-refractivity contribution in [2.24, 2.45) is 4.99 Å². The van der Waals surface area contributed by atoms with Crippen LogP contribution in [0.5, 0.6) is 0 Å². The molecule has 4 rings (SSSR count). The minimum atomic E-state index is -0.703. The largest absolute Gasteiger partial charge is 0.395 e. The number of hydrogen-bond acceptors (Lipinski definition) is 6. The van der Waals surface area contributed by atoms with Crippen LogP contribution in [-0.4, -0.2) is 72.5 Å². The van der Waals surface area contributed by atoms with Crippen LogP contribution >= 0.6 is 0 Å². The summed E-state index contributed by atoms with van der Waals surface area (Å²) in [4.78, 5) is 33.7. The molecule has 8 nitrogen and oxygen atoms in total. The van der Waals surface area contributed by atoms with Gasteiger partial charge in [-0.25, -0.2) is 4.39 Å². The molecule has 1 aliphatic heterocycles. The standard InChI is InChI=1S/C28H29FN4O4/c1-32(25(36)18-33(13-15-34)14-16-35)22-10-8-21(9-11-22)30-27(19-5-3-2-4-6-19)26-23-12-7-20(29)17-24(23)31-28(26)37/h2-12,17,26,34-35H,13-16,18H2,1H3,(H,31,37). The minimum Gasteiger partial charge on any atom is -0.395 e. The Balaban J connectivity index is 1.61. The maximum atomic E-state index is 13.8. The van der Waals surface area contributed by atoms with Crippen molar-refractivity contribution in [2.45, 2.75) is 5.92 Å². The molecule has 0 aromatic heterocycles. The zero-order valence-electron chi connectivity index (χ0n) is 20.5. The highest BCUT2D eigenvalue weighted by molar-refractivity contribution is 6.24. The summed E-state index contributed by atoms with van der Waals surface area (Å²) in [5.74, 6) is -1.59. The Morgan fingerprint density at radius 3 is 2.32 bits per heavy atom. The second-order valence-corrected chi connectivity index (χ2v) is 8.71. The Bertz CT molecular complexity index is 1280. The van der Waals surface area contributed by atoms with Crippen LogP contribution in [0.2, 0.25) is 0 Å². The van der Waals surface area contributed by atoms with Crippen molar-refractivity contribution in [1.82, 2.24) is 4.90 Å². The number of anilines is 2. The van der Waals surface area contributed by atoms with Crippen molar-refractivity contribution in [3.8, 4) is 0 Å². The summed E-state index contributed by atoms with van der Waals surface area (Å²) in [6.45, 7) is 0.436. The van der Waals surface area contributed by atoms with Gasteiger partial charge in [-0.3, -0.25) is 19.5 Å². The molecular weight excluding hydrogens is 475 g/mol. The van der Waals surface area contributed by atoms with Crippen LogP contribution in [0.25, 0.3) is 0 Å². The average molecular weight is 505 g/mol. The van der Waals surface area contributed by atoms with Crippen molar-refractivity contribution in [3.63, 3.8) is 0 Å². The highest BCUT2D eigenvalue weighted by atomic mass is 19.1. The van der Waals surface area contributed by atoms with E-state index in [1.807, 2.05) is 30.3 Å². The van der Waals surface area contributed by atoms with Gasteiger partial charge in [-0.15, -0.1) is 0 Å². The van der Waals surface area contributed by atoms with E-state index in [4.69, 9.17) is 4.99 Å². The van der Waals surface area contributed by atoms with Crippen LogP contribution in [0.4, 0.5) is 21.5 Å². The molecule has 0 fully saturated rings. The lowest BCUT2D eigenvalue weighted by Crippen LogP contribution is -2.40. The number of halogens is 1. The summed E-state index contributed by atoms with van der Waals surface area (Å²) < 4.78 is 13.8. The number of aliphatic hydroxyl groups excluding tert-OH is 2. The van der Waals surface area contributed by atoms with Crippen molar-refractivity contribution < 1.29 is 24.2 Å². The maximum Gasteiger partial charge on any atom is 0.240 e. The van der Waals surface area contributed by atoms with Crippen LogP contribution in [0.15, 0.2) is 77.8 Å². The quantitative estimate of drug-likeness (QED) is 0.368. The zero-order valence-corrected chi connectivity index (χ0v) is 20.5. The predicted octanol–water partition coefficient (Wildman–Crippen LogP) is 2.93. The lowest BCUT2D eigenvalue weighted by molar-refractivity contribution is -0.119. The number of fused-ring (bicyclic) bond motifs is 1. The summed E-state index contributed by atoms with van der Waals surface area (Å²) >= 11 is 0. The smallest absolute Gasteiger partial charge is 0.240 e. The Labute approximate surface area is 214 Å². The molecule has 0 saturated heterocycles. The molecule has 1 heterocycles. The summed E-state index contributed by atoms with van der Waals surface area (Å²) in [6.07, 6.45) is 0. The number of nitrogens with zero attached hydrogens (tertiary/aromatic N) is 3. The van der Waals surface area contributed by atoms with Gasteiger partial charge in [0.2, 0.25) is 11.8 Å². The molecule has 9 heteroatoms. The first kappa shape index (κ1) is 26.2. The first-order valence-corrected chi connectivity index (χ1v) is 12.0. The van der Waals surface area contributed by atoms with Gasteiger partial charge in [-0.1, -0.05) is 36.4 Å². The van der Waals surface area contributed by atoms with Gasteiger partial charge >= 0.3 is 0 Å². The van der Waals surface area contributed by atoms with E-state index in [9.17, 15) is 24.2 Å². The monoisotopic (exact) mass is 504 g/mol. The van der Waals surface area contributed by atoms with Crippen molar-refractivity contribution in [1.29, 1.82) is 0 Å². The average Bonchev–Trinajstić information content (AvgIpc) is 3.22. The molecule has 0 aliphatic carbocycles. The minimum absolute atomic E-state index is 0.0620. The van der Waals surface area contributed by atoms with E-state index in [0.29, 0.717) is 41.4 Å². The van der Waals surface area contributed by atoms with E-state index in [2.05, 4.69) is 5.32 Å². The fourth-order valence-electron chi connectivity index (χ4n) is 4.29. The van der Waals surface area contributed by atoms with Gasteiger partial charge in [-0.2, -0.15) is 0 Å². The van der Waals surface area contributed by atoms with Crippen LogP contribution in [0, 0.1) is 5.82 Å². The molecule has 3 N–H and O–H groups in total. The number of carbonyl (C=O) groups excluding carboxylic acids is 2.